The van der Waals surface area contributed by atoms with Crippen LogP contribution in [-0.2, 0) is 6.54 Å². The molecule has 0 aliphatic heterocycles. The van der Waals surface area contributed by atoms with E-state index in [1.807, 2.05) is 7.05 Å². The SMILES string of the molecule is CNCc1ccc(C)cc1-c1cc2cccc(C)c2o1. The molecular weight excluding hydrogens is 246 g/mol. The Labute approximate surface area is 119 Å². The normalized spacial score (nSPS) is 11.2. The molecule has 3 aromatic rings. The molecule has 3 rings (SSSR count). The van der Waals surface area contributed by atoms with Gasteiger partial charge in [-0.2, -0.15) is 0 Å². The third-order valence-corrected chi connectivity index (χ3v) is 3.64. The summed E-state index contributed by atoms with van der Waals surface area (Å²) in [6.07, 6.45) is 0. The molecule has 0 amide bonds. The molecule has 0 aliphatic rings. The molecule has 20 heavy (non-hydrogen) atoms. The predicted molar refractivity (Wildman–Crippen MR) is 83.9 cm³/mol. The standard InChI is InChI=1S/C18H19NO/c1-12-7-8-15(11-19-3)16(9-12)17-10-14-6-4-5-13(2)18(14)20-17/h4-10,19H,11H2,1-3H3. The number of hydrogen-bond acceptors (Lipinski definition) is 2. The van der Waals surface area contributed by atoms with Gasteiger partial charge in [0.05, 0.1) is 0 Å². The van der Waals surface area contributed by atoms with Crippen LogP contribution in [0, 0.1) is 13.8 Å². The smallest absolute Gasteiger partial charge is 0.137 e. The fraction of sp³-hybridized carbons (Fsp3) is 0.222. The van der Waals surface area contributed by atoms with Gasteiger partial charge in [-0.3, -0.25) is 0 Å². The van der Waals surface area contributed by atoms with Crippen LogP contribution in [0.5, 0.6) is 0 Å². The van der Waals surface area contributed by atoms with Gasteiger partial charge in [-0.25, -0.2) is 0 Å². The van der Waals surface area contributed by atoms with Gasteiger partial charge in [-0.1, -0.05) is 35.9 Å². The minimum absolute atomic E-state index is 0.839. The first-order chi connectivity index (χ1) is 9.69. The number of para-hydroxylation sites is 1. The summed E-state index contributed by atoms with van der Waals surface area (Å²) in [5.41, 5.74) is 5.85. The Bertz CT molecular complexity index is 755. The Morgan fingerprint density at radius 1 is 1.05 bits per heavy atom. The van der Waals surface area contributed by atoms with E-state index in [0.29, 0.717) is 0 Å². The number of fused-ring (bicyclic) bond motifs is 1. The Morgan fingerprint density at radius 3 is 2.65 bits per heavy atom. The lowest BCUT2D eigenvalue weighted by atomic mass is 10.0. The van der Waals surface area contributed by atoms with Crippen LogP contribution in [0.4, 0.5) is 0 Å². The van der Waals surface area contributed by atoms with Crippen LogP contribution >= 0.6 is 0 Å². The number of benzene rings is 2. The highest BCUT2D eigenvalue weighted by molar-refractivity contribution is 5.85. The first kappa shape index (κ1) is 12.9. The molecule has 2 heteroatoms. The average molecular weight is 265 g/mol. The van der Waals surface area contributed by atoms with Gasteiger partial charge in [0.2, 0.25) is 0 Å². The summed E-state index contributed by atoms with van der Waals surface area (Å²) in [4.78, 5) is 0. The molecule has 1 aromatic heterocycles. The van der Waals surface area contributed by atoms with E-state index in [0.717, 1.165) is 23.3 Å². The van der Waals surface area contributed by atoms with Gasteiger partial charge in [0.1, 0.15) is 11.3 Å². The zero-order valence-electron chi connectivity index (χ0n) is 12.2. The minimum Gasteiger partial charge on any atom is -0.456 e. The number of rotatable bonds is 3. The van der Waals surface area contributed by atoms with Gasteiger partial charge in [-0.05, 0) is 44.2 Å². The number of hydrogen-bond donors (Lipinski definition) is 1. The van der Waals surface area contributed by atoms with Crippen molar-refractivity contribution in [3.8, 4) is 11.3 Å². The van der Waals surface area contributed by atoms with Crippen molar-refractivity contribution in [2.45, 2.75) is 20.4 Å². The minimum atomic E-state index is 0.839. The van der Waals surface area contributed by atoms with Gasteiger partial charge in [0.25, 0.3) is 0 Å². The van der Waals surface area contributed by atoms with Gasteiger partial charge in [0.15, 0.2) is 0 Å². The largest absolute Gasteiger partial charge is 0.456 e. The third-order valence-electron chi connectivity index (χ3n) is 3.64. The fourth-order valence-electron chi connectivity index (χ4n) is 2.61. The van der Waals surface area contributed by atoms with Crippen LogP contribution in [0.2, 0.25) is 0 Å². The van der Waals surface area contributed by atoms with Gasteiger partial charge >= 0.3 is 0 Å². The second-order valence-electron chi connectivity index (χ2n) is 5.29. The van der Waals surface area contributed by atoms with E-state index < -0.39 is 0 Å². The van der Waals surface area contributed by atoms with Crippen LogP contribution in [-0.4, -0.2) is 7.05 Å². The number of aryl methyl sites for hydroxylation is 2. The maximum Gasteiger partial charge on any atom is 0.137 e. The van der Waals surface area contributed by atoms with E-state index in [1.165, 1.54) is 22.3 Å². The van der Waals surface area contributed by atoms with E-state index in [1.54, 1.807) is 0 Å². The molecular formula is C18H19NO. The Morgan fingerprint density at radius 2 is 1.90 bits per heavy atom. The molecule has 1 heterocycles. The highest BCUT2D eigenvalue weighted by atomic mass is 16.3. The summed E-state index contributed by atoms with van der Waals surface area (Å²) in [5.74, 6) is 0.947. The van der Waals surface area contributed by atoms with Crippen molar-refractivity contribution in [3.05, 3.63) is 59.2 Å². The molecule has 0 aliphatic carbocycles. The van der Waals surface area contributed by atoms with Crippen molar-refractivity contribution in [1.29, 1.82) is 0 Å². The molecule has 0 radical (unpaired) electrons. The lowest BCUT2D eigenvalue weighted by Crippen LogP contribution is -2.06. The predicted octanol–water partition coefficient (Wildman–Crippen LogP) is 4.44. The topological polar surface area (TPSA) is 25.2 Å². The van der Waals surface area contributed by atoms with Gasteiger partial charge < -0.3 is 9.73 Å². The maximum atomic E-state index is 6.10. The van der Waals surface area contributed by atoms with Crippen LogP contribution < -0.4 is 5.32 Å². The summed E-state index contributed by atoms with van der Waals surface area (Å²) in [6.45, 7) is 5.03. The molecule has 1 N–H and O–H groups in total. The zero-order chi connectivity index (χ0) is 14.1. The van der Waals surface area contributed by atoms with Crippen molar-refractivity contribution >= 4 is 11.0 Å². The molecule has 0 spiro atoms. The third kappa shape index (κ3) is 2.23. The summed E-state index contributed by atoms with van der Waals surface area (Å²) in [5, 5.41) is 4.38. The van der Waals surface area contributed by atoms with Crippen molar-refractivity contribution in [3.63, 3.8) is 0 Å². The summed E-state index contributed by atoms with van der Waals surface area (Å²) >= 11 is 0. The first-order valence-corrected chi connectivity index (χ1v) is 6.92. The lowest BCUT2D eigenvalue weighted by molar-refractivity contribution is 0.627. The molecule has 0 unspecified atom stereocenters. The maximum absolute atomic E-state index is 6.10. The molecule has 0 saturated heterocycles. The van der Waals surface area contributed by atoms with E-state index in [2.05, 4.69) is 61.6 Å². The molecule has 2 aromatic carbocycles. The lowest BCUT2D eigenvalue weighted by Gasteiger charge is -2.08. The van der Waals surface area contributed by atoms with Gasteiger partial charge in [0, 0.05) is 17.5 Å². The molecule has 0 saturated carbocycles. The quantitative estimate of drug-likeness (QED) is 0.757. The second kappa shape index (κ2) is 5.14. The zero-order valence-corrected chi connectivity index (χ0v) is 12.2. The first-order valence-electron chi connectivity index (χ1n) is 6.92. The molecule has 102 valence electrons. The van der Waals surface area contributed by atoms with Crippen LogP contribution in [0.3, 0.4) is 0 Å². The Kier molecular flexibility index (Phi) is 3.33. The average Bonchev–Trinajstić information content (AvgIpc) is 2.86. The van der Waals surface area contributed by atoms with Crippen LogP contribution in [0.25, 0.3) is 22.3 Å². The highest BCUT2D eigenvalue weighted by Crippen LogP contribution is 2.32. The summed E-state index contributed by atoms with van der Waals surface area (Å²) in [7, 11) is 1.96. The molecule has 0 bridgehead atoms. The number of furan rings is 1. The van der Waals surface area contributed by atoms with Crippen molar-refractivity contribution in [2.75, 3.05) is 7.05 Å². The van der Waals surface area contributed by atoms with E-state index in [9.17, 15) is 0 Å². The fourth-order valence-corrected chi connectivity index (χ4v) is 2.61. The molecule has 0 fully saturated rings. The van der Waals surface area contributed by atoms with E-state index >= 15 is 0 Å². The monoisotopic (exact) mass is 265 g/mol. The van der Waals surface area contributed by atoms with E-state index in [-0.39, 0.29) is 0 Å². The Hall–Kier alpha value is -2.06. The molecule has 0 atom stereocenters. The summed E-state index contributed by atoms with van der Waals surface area (Å²) in [6, 6.07) is 14.9. The Balaban J connectivity index is 2.19. The van der Waals surface area contributed by atoms with E-state index in [4.69, 9.17) is 4.42 Å². The van der Waals surface area contributed by atoms with Crippen molar-refractivity contribution in [2.24, 2.45) is 0 Å². The van der Waals surface area contributed by atoms with Crippen LogP contribution in [0.1, 0.15) is 16.7 Å². The second-order valence-corrected chi connectivity index (χ2v) is 5.29. The highest BCUT2D eigenvalue weighted by Gasteiger charge is 2.11. The number of nitrogens with one attached hydrogen (secondary N) is 1. The van der Waals surface area contributed by atoms with Gasteiger partial charge in [-0.15, -0.1) is 0 Å². The van der Waals surface area contributed by atoms with Crippen molar-refractivity contribution in [1.82, 2.24) is 5.32 Å². The molecule has 2 nitrogen and oxygen atoms in total. The summed E-state index contributed by atoms with van der Waals surface area (Å²) < 4.78 is 6.10. The van der Waals surface area contributed by atoms with Crippen LogP contribution in [0.15, 0.2) is 46.9 Å². The van der Waals surface area contributed by atoms with Crippen molar-refractivity contribution < 1.29 is 4.42 Å².